The van der Waals surface area contributed by atoms with Gasteiger partial charge in [0.05, 0.1) is 17.8 Å². The first kappa shape index (κ1) is 16.7. The van der Waals surface area contributed by atoms with Gasteiger partial charge >= 0.3 is 0 Å². The maximum absolute atomic E-state index is 13.2. The van der Waals surface area contributed by atoms with Gasteiger partial charge in [0.25, 0.3) is 0 Å². The molecule has 3 rings (SSSR count). The molecule has 0 N–H and O–H groups in total. The molecule has 5 nitrogen and oxygen atoms in total. The van der Waals surface area contributed by atoms with Crippen molar-refractivity contribution in [2.75, 3.05) is 18.6 Å². The van der Waals surface area contributed by atoms with E-state index in [1.165, 1.54) is 0 Å². The van der Waals surface area contributed by atoms with Gasteiger partial charge in [0.2, 0.25) is 5.91 Å². The summed E-state index contributed by atoms with van der Waals surface area (Å²) in [6, 6.07) is 9.26. The molecule has 124 valence electrons. The van der Waals surface area contributed by atoms with Crippen LogP contribution >= 0.6 is 9.24 Å². The highest BCUT2D eigenvalue weighted by atomic mass is 31.0. The van der Waals surface area contributed by atoms with Crippen LogP contribution in [0.1, 0.15) is 13.3 Å². The molecule has 2 aliphatic rings. The van der Waals surface area contributed by atoms with Crippen LogP contribution in [0.4, 0.5) is 5.69 Å². The van der Waals surface area contributed by atoms with Crippen LogP contribution in [-0.4, -0.2) is 30.5 Å². The van der Waals surface area contributed by atoms with E-state index in [0.29, 0.717) is 13.0 Å². The first-order chi connectivity index (χ1) is 11.4. The Morgan fingerprint density at radius 1 is 1.33 bits per heavy atom. The minimum Gasteiger partial charge on any atom is -0.497 e. The lowest BCUT2D eigenvalue weighted by molar-refractivity contribution is -0.126. The minimum absolute atomic E-state index is 0.0821. The maximum Gasteiger partial charge on any atom is 0.241 e. The molecule has 0 spiro atoms. The van der Waals surface area contributed by atoms with Crippen molar-refractivity contribution in [1.29, 1.82) is 5.26 Å². The highest BCUT2D eigenvalue weighted by Gasteiger charge is 2.53. The van der Waals surface area contributed by atoms with E-state index in [2.05, 4.69) is 9.24 Å². The topological polar surface area (TPSA) is 70.4 Å². The van der Waals surface area contributed by atoms with Crippen molar-refractivity contribution in [3.05, 3.63) is 35.9 Å². The number of ketones is 1. The summed E-state index contributed by atoms with van der Waals surface area (Å²) in [5, 5.41) is 8.32. The number of rotatable bonds is 2. The number of benzene rings is 1. The fourth-order valence-corrected chi connectivity index (χ4v) is 4.45. The lowest BCUT2D eigenvalue weighted by Crippen LogP contribution is -2.58. The summed E-state index contributed by atoms with van der Waals surface area (Å²) in [4.78, 5) is 27.1. The lowest BCUT2D eigenvalue weighted by Gasteiger charge is -2.47. The Hall–Kier alpha value is -2.18. The number of hydrogen-bond acceptors (Lipinski definition) is 4. The van der Waals surface area contributed by atoms with E-state index in [9.17, 15) is 14.9 Å². The zero-order valence-corrected chi connectivity index (χ0v) is 14.8. The third-order valence-electron chi connectivity index (χ3n) is 5.06. The molecule has 1 heterocycles. The van der Waals surface area contributed by atoms with Crippen LogP contribution in [0.25, 0.3) is 0 Å². The van der Waals surface area contributed by atoms with E-state index < -0.39 is 5.16 Å². The largest absolute Gasteiger partial charge is 0.497 e. The molecule has 0 saturated carbocycles. The number of amides is 1. The molecule has 1 amide bonds. The molecule has 0 bridgehead atoms. The highest BCUT2D eigenvalue weighted by Crippen LogP contribution is 2.47. The monoisotopic (exact) mass is 342 g/mol. The lowest BCUT2D eigenvalue weighted by atomic mass is 9.68. The molecule has 1 saturated heterocycles. The number of Topliss-reactive ketones (excluding diaryl/α,β-unsaturated/α-hetero) is 1. The summed E-state index contributed by atoms with van der Waals surface area (Å²) >= 11 is 0. The van der Waals surface area contributed by atoms with E-state index in [1.807, 2.05) is 37.3 Å². The Morgan fingerprint density at radius 2 is 2.00 bits per heavy atom. The number of ether oxygens (including phenoxy) is 1. The fourth-order valence-electron chi connectivity index (χ4n) is 3.67. The van der Waals surface area contributed by atoms with Crippen LogP contribution in [0, 0.1) is 23.2 Å². The number of anilines is 1. The van der Waals surface area contributed by atoms with Crippen LogP contribution in [0.2, 0.25) is 0 Å². The molecule has 1 aromatic rings. The quantitative estimate of drug-likeness (QED) is 0.774. The van der Waals surface area contributed by atoms with Crippen molar-refractivity contribution in [3.63, 3.8) is 0 Å². The summed E-state index contributed by atoms with van der Waals surface area (Å²) in [5.41, 5.74) is 0.871. The zero-order chi connectivity index (χ0) is 17.5. The van der Waals surface area contributed by atoms with E-state index in [1.54, 1.807) is 18.1 Å². The Kier molecular flexibility index (Phi) is 4.19. The van der Waals surface area contributed by atoms with E-state index in [0.717, 1.165) is 11.4 Å². The fraction of sp³-hybridized carbons (Fsp3) is 0.389. The SMILES string of the molecule is COc1ccc(N2CC[C@@H]3[C@@H](C)C(=O)C(C#N)=C[C@@]3(P)C2=O)cc1. The van der Waals surface area contributed by atoms with Gasteiger partial charge in [0.15, 0.2) is 5.78 Å². The van der Waals surface area contributed by atoms with Gasteiger partial charge in [-0.1, -0.05) is 6.92 Å². The molecular weight excluding hydrogens is 323 g/mol. The molecule has 1 aliphatic heterocycles. The van der Waals surface area contributed by atoms with Crippen molar-refractivity contribution in [1.82, 2.24) is 0 Å². The van der Waals surface area contributed by atoms with Crippen molar-refractivity contribution in [2.45, 2.75) is 18.5 Å². The number of allylic oxidation sites excluding steroid dienone is 1. The summed E-state index contributed by atoms with van der Waals surface area (Å²) in [6.45, 7) is 2.37. The van der Waals surface area contributed by atoms with Crippen molar-refractivity contribution >= 4 is 26.6 Å². The molecule has 6 heteroatoms. The summed E-state index contributed by atoms with van der Waals surface area (Å²) in [5.74, 6) is 0.0377. The Labute approximate surface area is 143 Å². The van der Waals surface area contributed by atoms with Crippen LogP contribution in [0.3, 0.4) is 0 Å². The number of fused-ring (bicyclic) bond motifs is 1. The number of nitriles is 1. The summed E-state index contributed by atoms with van der Waals surface area (Å²) in [7, 11) is 4.20. The first-order valence-electron chi connectivity index (χ1n) is 7.84. The predicted octanol–water partition coefficient (Wildman–Crippen LogP) is 2.33. The highest BCUT2D eigenvalue weighted by molar-refractivity contribution is 7.21. The van der Waals surface area contributed by atoms with Crippen LogP contribution in [0.5, 0.6) is 5.75 Å². The van der Waals surface area contributed by atoms with Crippen LogP contribution < -0.4 is 9.64 Å². The van der Waals surface area contributed by atoms with Gasteiger partial charge < -0.3 is 9.64 Å². The van der Waals surface area contributed by atoms with E-state index in [4.69, 9.17) is 4.74 Å². The standard InChI is InChI=1S/C18H19N2O3P/c1-11-15-7-8-20(13-3-5-14(23-2)6-4-13)17(22)18(15,24)9-12(10-19)16(11)21/h3-6,9,11,15H,7-8,24H2,1-2H3/t11-,15-,18+/m1/s1. The van der Waals surface area contributed by atoms with Gasteiger partial charge in [0, 0.05) is 18.2 Å². The molecule has 1 unspecified atom stereocenters. The van der Waals surface area contributed by atoms with E-state index >= 15 is 0 Å². The number of nitrogens with zero attached hydrogens (tertiary/aromatic N) is 2. The Bertz CT molecular complexity index is 765. The van der Waals surface area contributed by atoms with Crippen molar-refractivity contribution in [2.24, 2.45) is 11.8 Å². The molecule has 1 aromatic carbocycles. The second-order valence-corrected chi connectivity index (χ2v) is 7.26. The third kappa shape index (κ3) is 2.42. The normalized spacial score (nSPS) is 29.6. The summed E-state index contributed by atoms with van der Waals surface area (Å²) in [6.07, 6.45) is 2.26. The van der Waals surface area contributed by atoms with Gasteiger partial charge in [-0.3, -0.25) is 9.59 Å². The molecule has 0 aromatic heterocycles. The van der Waals surface area contributed by atoms with Crippen molar-refractivity contribution in [3.8, 4) is 11.8 Å². The van der Waals surface area contributed by atoms with Gasteiger partial charge in [-0.2, -0.15) is 5.26 Å². The molecule has 1 fully saturated rings. The van der Waals surface area contributed by atoms with Gasteiger partial charge in [-0.25, -0.2) is 0 Å². The number of hydrogen-bond donors (Lipinski definition) is 0. The molecule has 0 radical (unpaired) electrons. The van der Waals surface area contributed by atoms with Crippen LogP contribution in [0.15, 0.2) is 35.9 Å². The smallest absolute Gasteiger partial charge is 0.241 e. The maximum atomic E-state index is 13.2. The van der Waals surface area contributed by atoms with Crippen LogP contribution in [-0.2, 0) is 9.59 Å². The van der Waals surface area contributed by atoms with Gasteiger partial charge in [0.1, 0.15) is 11.8 Å². The first-order valence-corrected chi connectivity index (χ1v) is 8.42. The number of piperidine rings is 1. The average Bonchev–Trinajstić information content (AvgIpc) is 2.60. The Balaban J connectivity index is 1.99. The average molecular weight is 342 g/mol. The molecule has 4 atom stereocenters. The zero-order valence-electron chi connectivity index (χ0n) is 13.7. The Morgan fingerprint density at radius 3 is 2.58 bits per heavy atom. The number of methoxy groups -OCH3 is 1. The van der Waals surface area contributed by atoms with Gasteiger partial charge in [-0.15, -0.1) is 9.24 Å². The van der Waals surface area contributed by atoms with Gasteiger partial charge in [-0.05, 0) is 42.7 Å². The second kappa shape index (κ2) is 6.03. The number of carbonyl (C=O) groups excluding carboxylic acids is 2. The second-order valence-electron chi connectivity index (χ2n) is 6.31. The number of carbonyl (C=O) groups is 2. The van der Waals surface area contributed by atoms with Crippen molar-refractivity contribution < 1.29 is 14.3 Å². The minimum atomic E-state index is -0.906. The van der Waals surface area contributed by atoms with E-state index in [-0.39, 0.29) is 29.1 Å². The third-order valence-corrected chi connectivity index (χ3v) is 5.90. The molecular formula is C18H19N2O3P. The predicted molar refractivity (Wildman–Crippen MR) is 93.8 cm³/mol. The molecule has 24 heavy (non-hydrogen) atoms. The molecule has 1 aliphatic carbocycles. The summed E-state index contributed by atoms with van der Waals surface area (Å²) < 4.78 is 5.15.